The van der Waals surface area contributed by atoms with E-state index < -0.39 is 0 Å². The van der Waals surface area contributed by atoms with Crippen molar-refractivity contribution >= 4 is 5.78 Å². The lowest BCUT2D eigenvalue weighted by molar-refractivity contribution is 0.103. The molecule has 0 amide bonds. The molecule has 0 bridgehead atoms. The number of fused-ring (bicyclic) bond motifs is 1. The highest BCUT2D eigenvalue weighted by molar-refractivity contribution is 6.09. The highest BCUT2D eigenvalue weighted by Crippen LogP contribution is 2.30. The molecule has 1 aliphatic rings. The summed E-state index contributed by atoms with van der Waals surface area (Å²) in [5.74, 6) is 0.517. The van der Waals surface area contributed by atoms with Gasteiger partial charge in [-0.05, 0) is 11.6 Å². The maximum Gasteiger partial charge on any atom is 0.218 e. The summed E-state index contributed by atoms with van der Waals surface area (Å²) in [5.41, 5.74) is 7.37. The van der Waals surface area contributed by atoms with Crippen molar-refractivity contribution < 1.29 is 9.53 Å². The van der Waals surface area contributed by atoms with E-state index in [0.29, 0.717) is 36.7 Å². The minimum absolute atomic E-state index is 0.165. The second-order valence-electron chi connectivity index (χ2n) is 4.38. The van der Waals surface area contributed by atoms with Gasteiger partial charge in [0.15, 0.2) is 5.69 Å². The number of nitrogens with zero attached hydrogens (tertiary/aromatic N) is 3. The number of hydrogen-bond donors (Lipinski definition) is 1. The molecule has 3 rings (SSSR count). The molecular formula is C13H14N4O2. The van der Waals surface area contributed by atoms with Gasteiger partial charge in [-0.3, -0.25) is 9.48 Å². The van der Waals surface area contributed by atoms with Gasteiger partial charge in [0.2, 0.25) is 5.78 Å². The number of ether oxygens (including phenoxy) is 1. The third kappa shape index (κ3) is 2.10. The Morgan fingerprint density at radius 3 is 3.21 bits per heavy atom. The highest BCUT2D eigenvalue weighted by atomic mass is 16.5. The Kier molecular flexibility index (Phi) is 3.00. The molecule has 0 spiro atoms. The largest absolute Gasteiger partial charge is 0.492 e. The smallest absolute Gasteiger partial charge is 0.218 e. The first-order valence-corrected chi connectivity index (χ1v) is 6.19. The fraction of sp³-hybridized carbons (Fsp3) is 0.308. The minimum atomic E-state index is -0.165. The normalized spacial score (nSPS) is 13.1. The van der Waals surface area contributed by atoms with Gasteiger partial charge < -0.3 is 10.5 Å². The van der Waals surface area contributed by atoms with E-state index in [0.717, 1.165) is 12.0 Å². The van der Waals surface area contributed by atoms with Gasteiger partial charge in [0.05, 0.1) is 24.9 Å². The molecule has 2 heterocycles. The molecule has 2 aromatic rings. The Balaban J connectivity index is 1.93. The lowest BCUT2D eigenvalue weighted by Gasteiger charge is -2.04. The Morgan fingerprint density at radius 1 is 1.47 bits per heavy atom. The van der Waals surface area contributed by atoms with Crippen LogP contribution in [0.1, 0.15) is 21.6 Å². The number of carbonyl (C=O) groups is 1. The summed E-state index contributed by atoms with van der Waals surface area (Å²) < 4.78 is 7.10. The van der Waals surface area contributed by atoms with Gasteiger partial charge in [-0.2, -0.15) is 0 Å². The van der Waals surface area contributed by atoms with Crippen molar-refractivity contribution in [3.63, 3.8) is 0 Å². The summed E-state index contributed by atoms with van der Waals surface area (Å²) >= 11 is 0. The molecule has 6 nitrogen and oxygen atoms in total. The molecule has 0 unspecified atom stereocenters. The van der Waals surface area contributed by atoms with Crippen molar-refractivity contribution in [2.75, 3.05) is 13.2 Å². The van der Waals surface area contributed by atoms with Crippen LogP contribution >= 0.6 is 0 Å². The molecule has 0 saturated carbocycles. The van der Waals surface area contributed by atoms with Crippen LogP contribution in [0.25, 0.3) is 0 Å². The summed E-state index contributed by atoms with van der Waals surface area (Å²) in [6, 6.07) is 5.60. The maximum atomic E-state index is 12.4. The Bertz CT molecular complexity index is 621. The van der Waals surface area contributed by atoms with Crippen LogP contribution in [0.3, 0.4) is 0 Å². The molecule has 98 valence electrons. The monoisotopic (exact) mass is 258 g/mol. The average molecular weight is 258 g/mol. The van der Waals surface area contributed by atoms with E-state index >= 15 is 0 Å². The molecule has 1 aliphatic heterocycles. The van der Waals surface area contributed by atoms with E-state index in [1.165, 1.54) is 0 Å². The number of carbonyl (C=O) groups excluding carboxylic acids is 1. The molecule has 0 fully saturated rings. The third-order valence-electron chi connectivity index (χ3n) is 3.09. The Morgan fingerprint density at radius 2 is 2.37 bits per heavy atom. The first-order chi connectivity index (χ1) is 9.29. The van der Waals surface area contributed by atoms with E-state index in [4.69, 9.17) is 10.5 Å². The van der Waals surface area contributed by atoms with Crippen LogP contribution in [0.4, 0.5) is 0 Å². The summed E-state index contributed by atoms with van der Waals surface area (Å²) in [5, 5.41) is 7.76. The van der Waals surface area contributed by atoms with Crippen molar-refractivity contribution in [1.29, 1.82) is 0 Å². The Hall–Kier alpha value is -2.21. The van der Waals surface area contributed by atoms with Gasteiger partial charge in [0.25, 0.3) is 0 Å². The van der Waals surface area contributed by atoms with Crippen LogP contribution in [0.2, 0.25) is 0 Å². The SMILES string of the molecule is NCCn1cc(C(=O)c2cccc3c2OCC3)nn1. The molecule has 0 atom stereocenters. The second kappa shape index (κ2) is 4.81. The predicted molar refractivity (Wildman–Crippen MR) is 68.1 cm³/mol. The van der Waals surface area contributed by atoms with Gasteiger partial charge in [0.1, 0.15) is 5.75 Å². The van der Waals surface area contributed by atoms with Crippen LogP contribution in [0.15, 0.2) is 24.4 Å². The first kappa shape index (κ1) is 11.9. The zero-order valence-corrected chi connectivity index (χ0v) is 10.4. The summed E-state index contributed by atoms with van der Waals surface area (Å²) in [4.78, 5) is 12.4. The van der Waals surface area contributed by atoms with E-state index in [-0.39, 0.29) is 5.78 Å². The molecule has 6 heteroatoms. The van der Waals surface area contributed by atoms with Crippen molar-refractivity contribution in [3.05, 3.63) is 41.2 Å². The van der Waals surface area contributed by atoms with Crippen molar-refractivity contribution in [1.82, 2.24) is 15.0 Å². The molecule has 2 N–H and O–H groups in total. The van der Waals surface area contributed by atoms with E-state index in [9.17, 15) is 4.79 Å². The zero-order chi connectivity index (χ0) is 13.2. The van der Waals surface area contributed by atoms with Crippen LogP contribution < -0.4 is 10.5 Å². The van der Waals surface area contributed by atoms with Crippen molar-refractivity contribution in [3.8, 4) is 5.75 Å². The van der Waals surface area contributed by atoms with Crippen LogP contribution in [0, 0.1) is 0 Å². The topological polar surface area (TPSA) is 83.0 Å². The molecule has 0 aliphatic carbocycles. The number of rotatable bonds is 4. The van der Waals surface area contributed by atoms with Gasteiger partial charge >= 0.3 is 0 Å². The quantitative estimate of drug-likeness (QED) is 0.803. The molecule has 1 aromatic heterocycles. The molecular weight excluding hydrogens is 244 g/mol. The fourth-order valence-corrected chi connectivity index (χ4v) is 2.18. The fourth-order valence-electron chi connectivity index (χ4n) is 2.18. The number of aromatic nitrogens is 3. The standard InChI is InChI=1S/C13H14N4O2/c14-5-6-17-8-11(15-16-17)12(18)10-3-1-2-9-4-7-19-13(9)10/h1-3,8H,4-7,14H2. The van der Waals surface area contributed by atoms with Crippen LogP contribution in [-0.4, -0.2) is 33.9 Å². The molecule has 0 radical (unpaired) electrons. The number of ketones is 1. The number of para-hydroxylation sites is 1. The van der Waals surface area contributed by atoms with E-state index in [2.05, 4.69) is 10.3 Å². The minimum Gasteiger partial charge on any atom is -0.492 e. The molecule has 19 heavy (non-hydrogen) atoms. The lowest BCUT2D eigenvalue weighted by Crippen LogP contribution is -2.10. The Labute approximate surface area is 110 Å². The lowest BCUT2D eigenvalue weighted by atomic mass is 10.0. The highest BCUT2D eigenvalue weighted by Gasteiger charge is 2.23. The number of nitrogens with two attached hydrogens (primary N) is 1. The van der Waals surface area contributed by atoms with Crippen molar-refractivity contribution in [2.24, 2.45) is 5.73 Å². The maximum absolute atomic E-state index is 12.4. The summed E-state index contributed by atoms with van der Waals surface area (Å²) in [6.07, 6.45) is 2.46. The summed E-state index contributed by atoms with van der Waals surface area (Å²) in [7, 11) is 0. The van der Waals surface area contributed by atoms with Crippen LogP contribution in [0.5, 0.6) is 5.75 Å². The van der Waals surface area contributed by atoms with E-state index in [1.807, 2.05) is 12.1 Å². The number of hydrogen-bond acceptors (Lipinski definition) is 5. The molecule has 0 saturated heterocycles. The summed E-state index contributed by atoms with van der Waals surface area (Å²) in [6.45, 7) is 1.63. The third-order valence-corrected chi connectivity index (χ3v) is 3.09. The number of benzene rings is 1. The van der Waals surface area contributed by atoms with Crippen LogP contribution in [-0.2, 0) is 13.0 Å². The average Bonchev–Trinajstić information content (AvgIpc) is 3.06. The van der Waals surface area contributed by atoms with E-state index in [1.54, 1.807) is 16.9 Å². The van der Waals surface area contributed by atoms with Gasteiger partial charge in [-0.25, -0.2) is 0 Å². The first-order valence-electron chi connectivity index (χ1n) is 6.19. The van der Waals surface area contributed by atoms with Gasteiger partial charge in [0, 0.05) is 13.0 Å². The van der Waals surface area contributed by atoms with Gasteiger partial charge in [-0.15, -0.1) is 5.10 Å². The zero-order valence-electron chi connectivity index (χ0n) is 10.4. The molecule has 1 aromatic carbocycles. The van der Waals surface area contributed by atoms with Gasteiger partial charge in [-0.1, -0.05) is 17.3 Å². The predicted octanol–water partition coefficient (Wildman–Crippen LogP) is 0.403. The second-order valence-corrected chi connectivity index (χ2v) is 4.38. The van der Waals surface area contributed by atoms with Crippen molar-refractivity contribution in [2.45, 2.75) is 13.0 Å².